The lowest BCUT2D eigenvalue weighted by Gasteiger charge is -2.39. The molecule has 1 fully saturated rings. The number of benzene rings is 2. The number of carbonyl (C=O) groups excluding carboxylic acids is 1. The van der Waals surface area contributed by atoms with Crippen molar-refractivity contribution in [1.82, 2.24) is 15.0 Å². The highest BCUT2D eigenvalue weighted by atomic mass is 16.5. The molecule has 5 heteroatoms. The predicted octanol–water partition coefficient (Wildman–Crippen LogP) is 3.69. The lowest BCUT2D eigenvalue weighted by molar-refractivity contribution is 0.0438. The van der Waals surface area contributed by atoms with Crippen molar-refractivity contribution in [2.75, 3.05) is 19.6 Å². The first-order valence-electron chi connectivity index (χ1n) is 9.30. The van der Waals surface area contributed by atoms with Gasteiger partial charge in [-0.25, -0.2) is 0 Å². The highest BCUT2D eigenvalue weighted by Gasteiger charge is 2.30. The zero-order chi connectivity index (χ0) is 18.6. The topological polar surface area (TPSA) is 49.6 Å². The smallest absolute Gasteiger partial charge is 0.292 e. The Bertz CT molecular complexity index is 892. The molecule has 1 amide bonds. The van der Waals surface area contributed by atoms with E-state index in [1.165, 1.54) is 5.56 Å². The Morgan fingerprint density at radius 1 is 1.07 bits per heavy atom. The molecule has 27 heavy (non-hydrogen) atoms. The molecule has 0 N–H and O–H groups in total. The minimum atomic E-state index is -0.0865. The fourth-order valence-electron chi connectivity index (χ4n) is 3.58. The number of piperazine rings is 1. The van der Waals surface area contributed by atoms with E-state index < -0.39 is 0 Å². The summed E-state index contributed by atoms with van der Waals surface area (Å²) in [5.41, 5.74) is 2.93. The van der Waals surface area contributed by atoms with Crippen LogP contribution >= 0.6 is 0 Å². The molecule has 0 aliphatic carbocycles. The van der Waals surface area contributed by atoms with Crippen molar-refractivity contribution in [3.63, 3.8) is 0 Å². The quantitative estimate of drug-likeness (QED) is 0.711. The molecule has 4 rings (SSSR count). The summed E-state index contributed by atoms with van der Waals surface area (Å²) >= 11 is 0. The molecular formula is C22H23N3O2. The van der Waals surface area contributed by atoms with Gasteiger partial charge in [0.25, 0.3) is 5.91 Å². The van der Waals surface area contributed by atoms with E-state index in [2.05, 4.69) is 41.2 Å². The van der Waals surface area contributed by atoms with Gasteiger partial charge in [0.1, 0.15) is 5.69 Å². The van der Waals surface area contributed by atoms with E-state index >= 15 is 0 Å². The van der Waals surface area contributed by atoms with Gasteiger partial charge < -0.3 is 9.42 Å². The van der Waals surface area contributed by atoms with Crippen molar-refractivity contribution in [3.05, 3.63) is 78.1 Å². The van der Waals surface area contributed by atoms with E-state index in [0.717, 1.165) is 25.2 Å². The lowest BCUT2D eigenvalue weighted by atomic mass is 10.1. The van der Waals surface area contributed by atoms with Crippen LogP contribution in [0.5, 0.6) is 0 Å². The van der Waals surface area contributed by atoms with E-state index in [0.29, 0.717) is 18.0 Å². The second kappa shape index (κ2) is 7.76. The van der Waals surface area contributed by atoms with E-state index in [4.69, 9.17) is 4.52 Å². The molecule has 138 valence electrons. The van der Waals surface area contributed by atoms with Gasteiger partial charge in [0.2, 0.25) is 5.76 Å². The summed E-state index contributed by atoms with van der Waals surface area (Å²) in [5.74, 6) is 0.216. The number of aromatic nitrogens is 1. The molecule has 0 spiro atoms. The summed E-state index contributed by atoms with van der Waals surface area (Å²) < 4.78 is 5.35. The van der Waals surface area contributed by atoms with Crippen LogP contribution in [0.3, 0.4) is 0 Å². The zero-order valence-electron chi connectivity index (χ0n) is 15.4. The molecule has 1 saturated heterocycles. The number of carbonyl (C=O) groups is 1. The Balaban J connectivity index is 1.41. The first-order chi connectivity index (χ1) is 13.2. The molecule has 1 atom stereocenters. The molecule has 2 aromatic carbocycles. The van der Waals surface area contributed by atoms with E-state index in [1.54, 1.807) is 6.07 Å². The monoisotopic (exact) mass is 361 g/mol. The number of nitrogens with zero attached hydrogens (tertiary/aromatic N) is 3. The summed E-state index contributed by atoms with van der Waals surface area (Å²) in [7, 11) is 0. The second-order valence-electron chi connectivity index (χ2n) is 7.01. The zero-order valence-corrected chi connectivity index (χ0v) is 15.4. The Hall–Kier alpha value is -2.92. The Morgan fingerprint density at radius 3 is 2.48 bits per heavy atom. The molecule has 5 nitrogen and oxygen atoms in total. The van der Waals surface area contributed by atoms with Crippen LogP contribution in [0.4, 0.5) is 0 Å². The third kappa shape index (κ3) is 3.93. The van der Waals surface area contributed by atoms with Gasteiger partial charge >= 0.3 is 0 Å². The van der Waals surface area contributed by atoms with Gasteiger partial charge in [-0.15, -0.1) is 0 Å². The van der Waals surface area contributed by atoms with E-state index in [1.807, 2.05) is 41.3 Å². The van der Waals surface area contributed by atoms with Gasteiger partial charge in [-0.3, -0.25) is 9.69 Å². The molecule has 0 saturated carbocycles. The molecule has 1 aliphatic rings. The van der Waals surface area contributed by atoms with Gasteiger partial charge in [0.15, 0.2) is 0 Å². The molecule has 2 heterocycles. The van der Waals surface area contributed by atoms with Crippen LogP contribution in [0.2, 0.25) is 0 Å². The minimum Gasteiger partial charge on any atom is -0.350 e. The summed E-state index contributed by atoms with van der Waals surface area (Å²) in [6.45, 7) is 5.39. The van der Waals surface area contributed by atoms with Crippen LogP contribution in [0, 0.1) is 0 Å². The summed E-state index contributed by atoms with van der Waals surface area (Å²) in [5, 5.41) is 4.07. The van der Waals surface area contributed by atoms with Crippen molar-refractivity contribution in [2.45, 2.75) is 19.5 Å². The van der Waals surface area contributed by atoms with Crippen molar-refractivity contribution < 1.29 is 9.32 Å². The summed E-state index contributed by atoms with van der Waals surface area (Å²) in [6, 6.07) is 22.0. The maximum Gasteiger partial charge on any atom is 0.292 e. The number of hydrogen-bond donors (Lipinski definition) is 0. The Morgan fingerprint density at radius 2 is 1.78 bits per heavy atom. The summed E-state index contributed by atoms with van der Waals surface area (Å²) in [6.07, 6.45) is 0. The normalized spacial score (nSPS) is 17.8. The molecule has 1 aliphatic heterocycles. The average molecular weight is 361 g/mol. The minimum absolute atomic E-state index is 0.0865. The average Bonchev–Trinajstić information content (AvgIpc) is 3.19. The van der Waals surface area contributed by atoms with E-state index in [9.17, 15) is 4.79 Å². The molecular weight excluding hydrogens is 338 g/mol. The van der Waals surface area contributed by atoms with Gasteiger partial charge in [-0.1, -0.05) is 65.8 Å². The van der Waals surface area contributed by atoms with Gasteiger partial charge in [-0.05, 0) is 12.5 Å². The van der Waals surface area contributed by atoms with Crippen molar-refractivity contribution in [2.24, 2.45) is 0 Å². The van der Waals surface area contributed by atoms with Crippen molar-refractivity contribution >= 4 is 5.91 Å². The van der Waals surface area contributed by atoms with Crippen molar-refractivity contribution in [1.29, 1.82) is 0 Å². The van der Waals surface area contributed by atoms with Crippen LogP contribution in [-0.2, 0) is 6.54 Å². The van der Waals surface area contributed by atoms with Gasteiger partial charge in [-0.2, -0.15) is 0 Å². The fraction of sp³-hybridized carbons (Fsp3) is 0.273. The largest absolute Gasteiger partial charge is 0.350 e. The molecule has 0 radical (unpaired) electrons. The van der Waals surface area contributed by atoms with Gasteiger partial charge in [0.05, 0.1) is 0 Å². The number of amides is 1. The van der Waals surface area contributed by atoms with Crippen LogP contribution in [0.15, 0.2) is 71.3 Å². The van der Waals surface area contributed by atoms with Crippen LogP contribution in [0.25, 0.3) is 11.3 Å². The summed E-state index contributed by atoms with van der Waals surface area (Å²) in [4.78, 5) is 17.2. The lowest BCUT2D eigenvalue weighted by Crippen LogP contribution is -2.53. The SMILES string of the molecule is CC1CN(Cc2ccccc2)CCN1C(=O)c1cc(-c2ccccc2)no1. The standard InChI is InChI=1S/C22H23N3O2/c1-17-15-24(16-18-8-4-2-5-9-18)12-13-25(17)22(26)21-14-20(23-27-21)19-10-6-3-7-11-19/h2-11,14,17H,12-13,15-16H2,1H3. The van der Waals surface area contributed by atoms with Gasteiger partial charge in [0, 0.05) is 43.9 Å². The maximum atomic E-state index is 12.9. The highest BCUT2D eigenvalue weighted by molar-refractivity contribution is 5.92. The van der Waals surface area contributed by atoms with Crippen LogP contribution in [-0.4, -0.2) is 46.5 Å². The predicted molar refractivity (Wildman–Crippen MR) is 104 cm³/mol. The van der Waals surface area contributed by atoms with Crippen LogP contribution in [0.1, 0.15) is 23.0 Å². The van der Waals surface area contributed by atoms with Crippen molar-refractivity contribution in [3.8, 4) is 11.3 Å². The molecule has 1 aromatic heterocycles. The first kappa shape index (κ1) is 17.5. The maximum absolute atomic E-state index is 12.9. The Kier molecular flexibility index (Phi) is 5.03. The van der Waals surface area contributed by atoms with Crippen LogP contribution < -0.4 is 0 Å². The third-order valence-corrected chi connectivity index (χ3v) is 5.01. The third-order valence-electron chi connectivity index (χ3n) is 5.01. The highest BCUT2D eigenvalue weighted by Crippen LogP contribution is 2.21. The fourth-order valence-corrected chi connectivity index (χ4v) is 3.58. The number of rotatable bonds is 4. The molecule has 0 bridgehead atoms. The first-order valence-corrected chi connectivity index (χ1v) is 9.30. The molecule has 1 unspecified atom stereocenters. The number of hydrogen-bond acceptors (Lipinski definition) is 4. The van der Waals surface area contributed by atoms with E-state index in [-0.39, 0.29) is 11.9 Å². The molecule has 3 aromatic rings. The Labute approximate surface area is 159 Å². The second-order valence-corrected chi connectivity index (χ2v) is 7.01.